The number of rotatable bonds is 3. The van der Waals surface area contributed by atoms with Crippen LogP contribution in [0.1, 0.15) is 66.7 Å². The number of piperidine rings is 2. The van der Waals surface area contributed by atoms with Crippen molar-refractivity contribution in [3.8, 4) is 5.75 Å². The van der Waals surface area contributed by atoms with Crippen LogP contribution in [0.25, 0.3) is 0 Å². The van der Waals surface area contributed by atoms with E-state index in [0.29, 0.717) is 11.1 Å². The second kappa shape index (κ2) is 8.18. The van der Waals surface area contributed by atoms with E-state index in [2.05, 4.69) is 41.9 Å². The van der Waals surface area contributed by atoms with Crippen LogP contribution in [-0.4, -0.2) is 52.5 Å². The van der Waals surface area contributed by atoms with Crippen molar-refractivity contribution < 1.29 is 9.53 Å². The van der Waals surface area contributed by atoms with Crippen LogP contribution in [0.2, 0.25) is 0 Å². The van der Waals surface area contributed by atoms with Crippen molar-refractivity contribution >= 4 is 5.91 Å². The average Bonchev–Trinajstić information content (AvgIpc) is 3.10. The predicted molar refractivity (Wildman–Crippen MR) is 126 cm³/mol. The molecule has 4 heterocycles. The number of nitrogens with zero attached hydrogens (tertiary/aromatic N) is 3. The van der Waals surface area contributed by atoms with Crippen molar-refractivity contribution in [2.45, 2.75) is 65.0 Å². The number of para-hydroxylation sites is 1. The van der Waals surface area contributed by atoms with Gasteiger partial charge in [-0.1, -0.05) is 18.2 Å². The minimum atomic E-state index is -0.0935. The summed E-state index contributed by atoms with van der Waals surface area (Å²) in [6, 6.07) is 10.5. The second-order valence-electron chi connectivity index (χ2n) is 10.7. The maximum absolute atomic E-state index is 12.9. The van der Waals surface area contributed by atoms with Crippen LogP contribution < -0.4 is 4.74 Å². The molecule has 5 rings (SSSR count). The number of hydrogen-bond donors (Lipinski definition) is 0. The Morgan fingerprint density at radius 1 is 1.06 bits per heavy atom. The van der Waals surface area contributed by atoms with E-state index >= 15 is 0 Å². The van der Waals surface area contributed by atoms with E-state index in [-0.39, 0.29) is 11.5 Å². The Hall–Kier alpha value is -2.40. The largest absolute Gasteiger partial charge is 0.487 e. The van der Waals surface area contributed by atoms with E-state index in [1.54, 1.807) is 6.20 Å². The van der Waals surface area contributed by atoms with Gasteiger partial charge in [-0.25, -0.2) is 0 Å². The minimum absolute atomic E-state index is 0.0850. The number of carbonyl (C=O) groups excluding carboxylic acids is 1. The van der Waals surface area contributed by atoms with Crippen LogP contribution in [0.15, 0.2) is 36.5 Å². The highest BCUT2D eigenvalue weighted by atomic mass is 16.5. The number of likely N-dealkylation sites (tertiary alicyclic amines) is 2. The number of fused-ring (bicyclic) bond motifs is 1. The third-order valence-electron chi connectivity index (χ3n) is 7.73. The van der Waals surface area contributed by atoms with Crippen LogP contribution in [0.3, 0.4) is 0 Å². The Bertz CT molecular complexity index is 998. The molecule has 1 amide bonds. The number of hydrogen-bond acceptors (Lipinski definition) is 4. The zero-order valence-corrected chi connectivity index (χ0v) is 19.7. The monoisotopic (exact) mass is 433 g/mol. The quantitative estimate of drug-likeness (QED) is 0.708. The fourth-order valence-electron chi connectivity index (χ4n) is 5.73. The zero-order chi connectivity index (χ0) is 22.3. The molecular formula is C27H35N3O2. The molecule has 0 saturated carbocycles. The van der Waals surface area contributed by atoms with Crippen LogP contribution in [0.4, 0.5) is 0 Å². The molecule has 2 fully saturated rings. The second-order valence-corrected chi connectivity index (χ2v) is 10.7. The lowest BCUT2D eigenvalue weighted by molar-refractivity contribution is 0.0279. The van der Waals surface area contributed by atoms with Gasteiger partial charge in [-0.2, -0.15) is 0 Å². The number of amides is 1. The molecule has 5 nitrogen and oxygen atoms in total. The van der Waals surface area contributed by atoms with Gasteiger partial charge < -0.3 is 9.64 Å². The Balaban J connectivity index is 1.16. The molecule has 1 aromatic heterocycles. The molecule has 0 N–H and O–H groups in total. The molecule has 5 heteroatoms. The summed E-state index contributed by atoms with van der Waals surface area (Å²) in [5.74, 6) is 1.20. The van der Waals surface area contributed by atoms with Gasteiger partial charge in [0.25, 0.3) is 5.91 Å². The fourth-order valence-corrected chi connectivity index (χ4v) is 5.73. The third-order valence-corrected chi connectivity index (χ3v) is 7.73. The standard InChI is InChI=1S/C27H35N3O2/c1-20-7-12-28-23(17-20)25(31)30-15-10-27(11-16-30)8-13-29(14-9-27)19-22-6-4-5-21-18-26(2,3)32-24(21)22/h4-7,12,17H,8-11,13-16,18-19H2,1-3H3. The van der Waals surface area contributed by atoms with Gasteiger partial charge in [0.1, 0.15) is 17.0 Å². The number of benzene rings is 1. The smallest absolute Gasteiger partial charge is 0.272 e. The van der Waals surface area contributed by atoms with E-state index in [1.165, 1.54) is 24.0 Å². The van der Waals surface area contributed by atoms with Gasteiger partial charge in [-0.05, 0) is 88.2 Å². The molecule has 0 atom stereocenters. The van der Waals surface area contributed by atoms with Crippen LogP contribution in [0, 0.1) is 12.3 Å². The number of aromatic nitrogens is 1. The lowest BCUT2D eigenvalue weighted by atomic mass is 9.71. The summed E-state index contributed by atoms with van der Waals surface area (Å²) in [4.78, 5) is 21.7. The number of ether oxygens (including phenoxy) is 1. The van der Waals surface area contributed by atoms with Gasteiger partial charge in [0.2, 0.25) is 0 Å². The molecule has 3 aliphatic rings. The van der Waals surface area contributed by atoms with E-state index in [4.69, 9.17) is 4.74 Å². The summed E-state index contributed by atoms with van der Waals surface area (Å²) in [5.41, 5.74) is 4.64. The molecule has 2 aromatic rings. The molecule has 0 aliphatic carbocycles. The van der Waals surface area contributed by atoms with Gasteiger partial charge in [-0.15, -0.1) is 0 Å². The summed E-state index contributed by atoms with van der Waals surface area (Å²) >= 11 is 0. The molecule has 0 bridgehead atoms. The number of pyridine rings is 1. The van der Waals surface area contributed by atoms with Crippen molar-refractivity contribution in [2.24, 2.45) is 5.41 Å². The van der Waals surface area contributed by atoms with Crippen LogP contribution >= 0.6 is 0 Å². The summed E-state index contributed by atoms with van der Waals surface area (Å²) in [7, 11) is 0. The average molecular weight is 434 g/mol. The first-order valence-electron chi connectivity index (χ1n) is 12.1. The maximum atomic E-state index is 12.9. The van der Waals surface area contributed by atoms with Gasteiger partial charge >= 0.3 is 0 Å². The van der Waals surface area contributed by atoms with Crippen molar-refractivity contribution in [3.05, 3.63) is 58.9 Å². The van der Waals surface area contributed by atoms with Crippen LogP contribution in [-0.2, 0) is 13.0 Å². The van der Waals surface area contributed by atoms with Crippen LogP contribution in [0.5, 0.6) is 5.75 Å². The molecule has 3 aliphatic heterocycles. The lowest BCUT2D eigenvalue weighted by Crippen LogP contribution is -2.48. The molecule has 2 saturated heterocycles. The first-order chi connectivity index (χ1) is 15.3. The summed E-state index contributed by atoms with van der Waals surface area (Å²) in [6.45, 7) is 11.3. The SMILES string of the molecule is Cc1ccnc(C(=O)N2CCC3(CCN(Cc4cccc5c4OC(C)(C)C5)CC3)CC2)c1. The van der Waals surface area contributed by atoms with Gasteiger partial charge in [0.15, 0.2) is 0 Å². The van der Waals surface area contributed by atoms with Gasteiger partial charge in [0, 0.05) is 37.8 Å². The van der Waals surface area contributed by atoms with Crippen molar-refractivity contribution in [1.82, 2.24) is 14.8 Å². The summed E-state index contributed by atoms with van der Waals surface area (Å²) < 4.78 is 6.29. The van der Waals surface area contributed by atoms with Crippen molar-refractivity contribution in [3.63, 3.8) is 0 Å². The normalized spacial score (nSPS) is 21.9. The van der Waals surface area contributed by atoms with E-state index in [9.17, 15) is 4.79 Å². The fraction of sp³-hybridized carbons (Fsp3) is 0.556. The number of aryl methyl sites for hydroxylation is 1. The Labute approximate surface area is 191 Å². The summed E-state index contributed by atoms with van der Waals surface area (Å²) in [6.07, 6.45) is 7.38. The maximum Gasteiger partial charge on any atom is 0.272 e. The van der Waals surface area contributed by atoms with Gasteiger partial charge in [-0.3, -0.25) is 14.7 Å². The topological polar surface area (TPSA) is 45.7 Å². The minimum Gasteiger partial charge on any atom is -0.487 e. The summed E-state index contributed by atoms with van der Waals surface area (Å²) in [5, 5.41) is 0. The Morgan fingerprint density at radius 2 is 1.78 bits per heavy atom. The Morgan fingerprint density at radius 3 is 2.50 bits per heavy atom. The first kappa shape index (κ1) is 21.4. The third kappa shape index (κ3) is 4.27. The molecular weight excluding hydrogens is 398 g/mol. The van der Waals surface area contributed by atoms with E-state index in [1.807, 2.05) is 24.0 Å². The Kier molecular flexibility index (Phi) is 5.48. The molecule has 1 spiro atoms. The van der Waals surface area contributed by atoms with Crippen molar-refractivity contribution in [1.29, 1.82) is 0 Å². The van der Waals surface area contributed by atoms with Crippen molar-refractivity contribution in [2.75, 3.05) is 26.2 Å². The highest BCUT2D eigenvalue weighted by Crippen LogP contribution is 2.43. The van der Waals surface area contributed by atoms with E-state index in [0.717, 1.165) is 63.3 Å². The molecule has 0 unspecified atom stereocenters. The predicted octanol–water partition coefficient (Wildman–Crippen LogP) is 4.62. The van der Waals surface area contributed by atoms with Gasteiger partial charge in [0.05, 0.1) is 0 Å². The molecule has 170 valence electrons. The highest BCUT2D eigenvalue weighted by molar-refractivity contribution is 5.92. The molecule has 0 radical (unpaired) electrons. The highest BCUT2D eigenvalue weighted by Gasteiger charge is 2.39. The molecule has 1 aromatic carbocycles. The number of carbonyl (C=O) groups is 1. The van der Waals surface area contributed by atoms with E-state index < -0.39 is 0 Å². The first-order valence-corrected chi connectivity index (χ1v) is 12.1. The zero-order valence-electron chi connectivity index (χ0n) is 19.7. The molecule has 32 heavy (non-hydrogen) atoms. The lowest BCUT2D eigenvalue weighted by Gasteiger charge is -2.47.